The third kappa shape index (κ3) is 3.57. The lowest BCUT2D eigenvalue weighted by molar-refractivity contribution is -0.385. The lowest BCUT2D eigenvalue weighted by Crippen LogP contribution is -2.52. The summed E-state index contributed by atoms with van der Waals surface area (Å²) in [5.41, 5.74) is 3.76. The number of rotatable bonds is 6. The van der Waals surface area contributed by atoms with Crippen molar-refractivity contribution in [3.63, 3.8) is 0 Å². The van der Waals surface area contributed by atoms with Gasteiger partial charge in [-0.15, -0.1) is 0 Å². The van der Waals surface area contributed by atoms with Crippen LogP contribution in [0, 0.1) is 10.1 Å². The molecule has 0 fully saturated rings. The van der Waals surface area contributed by atoms with E-state index in [1.54, 1.807) is 30.3 Å². The highest BCUT2D eigenvalue weighted by atomic mass is 16.6. The molecule has 0 radical (unpaired) electrons. The number of carbonyl (C=O) groups is 2. The summed E-state index contributed by atoms with van der Waals surface area (Å²) in [4.78, 5) is 35.1. The Bertz CT molecular complexity index is 822. The Kier molecular flexibility index (Phi) is 5.02. The molecule has 0 aliphatic heterocycles. The first-order valence-corrected chi connectivity index (χ1v) is 7.30. The predicted molar refractivity (Wildman–Crippen MR) is 90.1 cm³/mol. The van der Waals surface area contributed by atoms with Crippen molar-refractivity contribution in [3.05, 3.63) is 69.8 Å². The molecule has 0 bridgehead atoms. The monoisotopic (exact) mass is 343 g/mol. The van der Waals surface area contributed by atoms with Gasteiger partial charge in [-0.25, -0.2) is 0 Å². The maximum absolute atomic E-state index is 12.7. The third-order valence-electron chi connectivity index (χ3n) is 3.85. The van der Waals surface area contributed by atoms with Crippen molar-refractivity contribution in [1.82, 2.24) is 5.32 Å². The van der Waals surface area contributed by atoms with Gasteiger partial charge in [-0.05, 0) is 24.6 Å². The molecule has 8 nitrogen and oxygen atoms in total. The van der Waals surface area contributed by atoms with Gasteiger partial charge in [-0.2, -0.15) is 0 Å². The number of hydrogen-bond donors (Lipinski definition) is 2. The molecule has 2 aromatic carbocycles. The summed E-state index contributed by atoms with van der Waals surface area (Å²) in [6.45, 7) is 1.44. The van der Waals surface area contributed by atoms with Crippen LogP contribution in [-0.4, -0.2) is 23.8 Å². The Balaban J connectivity index is 2.47. The van der Waals surface area contributed by atoms with Gasteiger partial charge in [-0.3, -0.25) is 19.7 Å². The molecule has 0 aliphatic rings. The second-order valence-corrected chi connectivity index (χ2v) is 5.45. The molecule has 2 aromatic rings. The Morgan fingerprint density at radius 1 is 1.20 bits per heavy atom. The number of benzene rings is 2. The second kappa shape index (κ2) is 7.00. The van der Waals surface area contributed by atoms with Gasteiger partial charge in [-0.1, -0.05) is 30.3 Å². The summed E-state index contributed by atoms with van der Waals surface area (Å²) in [7, 11) is 1.38. The minimum Gasteiger partial charge on any atom is -0.497 e. The van der Waals surface area contributed by atoms with Crippen LogP contribution in [0.4, 0.5) is 5.69 Å². The van der Waals surface area contributed by atoms with E-state index in [2.05, 4.69) is 5.32 Å². The van der Waals surface area contributed by atoms with Crippen molar-refractivity contribution >= 4 is 17.5 Å². The standard InChI is InChI=1S/C17H17N3O5/c1-17(16(18)22,11-6-4-3-5-7-11)19-15(21)13-10-12(25-2)8-9-14(13)20(23)24/h3-10H,1-2H3,(H2,18,22)(H,19,21). The first-order chi connectivity index (χ1) is 11.8. The minimum absolute atomic E-state index is 0.229. The molecule has 0 aliphatic carbocycles. The van der Waals surface area contributed by atoms with Crippen molar-refractivity contribution in [2.45, 2.75) is 12.5 Å². The van der Waals surface area contributed by atoms with Gasteiger partial charge >= 0.3 is 0 Å². The number of nitrogens with two attached hydrogens (primary N) is 1. The van der Waals surface area contributed by atoms with Crippen LogP contribution in [0.1, 0.15) is 22.8 Å². The number of nitro benzene ring substituents is 1. The number of nitrogens with zero attached hydrogens (tertiary/aromatic N) is 1. The van der Waals surface area contributed by atoms with Gasteiger partial charge in [0.1, 0.15) is 16.9 Å². The number of primary amides is 1. The average Bonchev–Trinajstić information content (AvgIpc) is 2.61. The number of hydrogen-bond acceptors (Lipinski definition) is 5. The Morgan fingerprint density at radius 2 is 1.84 bits per heavy atom. The number of nitrogens with one attached hydrogen (secondary N) is 1. The van der Waals surface area contributed by atoms with Crippen LogP contribution in [0.25, 0.3) is 0 Å². The molecule has 0 saturated heterocycles. The van der Waals surface area contributed by atoms with Crippen molar-refractivity contribution < 1.29 is 19.2 Å². The highest BCUT2D eigenvalue weighted by Gasteiger charge is 2.36. The van der Waals surface area contributed by atoms with Crippen LogP contribution < -0.4 is 15.8 Å². The van der Waals surface area contributed by atoms with Gasteiger partial charge < -0.3 is 15.8 Å². The van der Waals surface area contributed by atoms with E-state index in [0.717, 1.165) is 6.07 Å². The molecule has 8 heteroatoms. The Labute approximate surface area is 143 Å². The van der Waals surface area contributed by atoms with Crippen molar-refractivity contribution in [1.29, 1.82) is 0 Å². The summed E-state index contributed by atoms with van der Waals surface area (Å²) in [6, 6.07) is 12.2. The lowest BCUT2D eigenvalue weighted by atomic mass is 9.90. The van der Waals surface area contributed by atoms with Crippen LogP contribution in [-0.2, 0) is 10.3 Å². The van der Waals surface area contributed by atoms with Gasteiger partial charge in [0.15, 0.2) is 0 Å². The van der Waals surface area contributed by atoms with Crippen molar-refractivity contribution in [2.24, 2.45) is 5.73 Å². The summed E-state index contributed by atoms with van der Waals surface area (Å²) < 4.78 is 5.01. The molecule has 0 heterocycles. The highest BCUT2D eigenvalue weighted by Crippen LogP contribution is 2.26. The molecular formula is C17H17N3O5. The number of amides is 2. The van der Waals surface area contributed by atoms with E-state index in [1.807, 2.05) is 0 Å². The van der Waals surface area contributed by atoms with E-state index < -0.39 is 28.0 Å². The molecule has 0 aromatic heterocycles. The van der Waals surface area contributed by atoms with Crippen LogP contribution in [0.15, 0.2) is 48.5 Å². The molecule has 25 heavy (non-hydrogen) atoms. The van der Waals surface area contributed by atoms with E-state index in [-0.39, 0.29) is 11.3 Å². The molecule has 130 valence electrons. The highest BCUT2D eigenvalue weighted by molar-refractivity contribution is 6.02. The maximum atomic E-state index is 12.7. The first-order valence-electron chi connectivity index (χ1n) is 7.30. The Hall–Kier alpha value is -3.42. The van der Waals surface area contributed by atoms with E-state index in [4.69, 9.17) is 10.5 Å². The fourth-order valence-electron chi connectivity index (χ4n) is 2.33. The zero-order valence-electron chi connectivity index (χ0n) is 13.7. The Morgan fingerprint density at radius 3 is 2.36 bits per heavy atom. The fraction of sp³-hybridized carbons (Fsp3) is 0.176. The normalized spacial score (nSPS) is 12.7. The zero-order chi connectivity index (χ0) is 18.6. The SMILES string of the molecule is COc1ccc([N+](=O)[O-])c(C(=O)NC(C)(C(N)=O)c2ccccc2)c1. The van der Waals surface area contributed by atoms with Gasteiger partial charge in [0.05, 0.1) is 12.0 Å². The largest absolute Gasteiger partial charge is 0.497 e. The van der Waals surface area contributed by atoms with Gasteiger partial charge in [0.25, 0.3) is 11.6 Å². The fourth-order valence-corrected chi connectivity index (χ4v) is 2.33. The topological polar surface area (TPSA) is 125 Å². The minimum atomic E-state index is -1.53. The molecule has 0 spiro atoms. The molecule has 0 saturated carbocycles. The van der Waals surface area contributed by atoms with Crippen LogP contribution >= 0.6 is 0 Å². The van der Waals surface area contributed by atoms with Crippen LogP contribution in [0.2, 0.25) is 0 Å². The molecular weight excluding hydrogens is 326 g/mol. The number of ether oxygens (including phenoxy) is 1. The van der Waals surface area contributed by atoms with Crippen molar-refractivity contribution in [3.8, 4) is 5.75 Å². The van der Waals surface area contributed by atoms with Gasteiger partial charge in [0.2, 0.25) is 5.91 Å². The zero-order valence-corrected chi connectivity index (χ0v) is 13.7. The maximum Gasteiger partial charge on any atom is 0.282 e. The van der Waals surface area contributed by atoms with Crippen LogP contribution in [0.5, 0.6) is 5.75 Å². The molecule has 1 unspecified atom stereocenters. The van der Waals surface area contributed by atoms with Crippen molar-refractivity contribution in [2.75, 3.05) is 7.11 Å². The number of methoxy groups -OCH3 is 1. The van der Waals surface area contributed by atoms with E-state index in [9.17, 15) is 19.7 Å². The molecule has 3 N–H and O–H groups in total. The summed E-state index contributed by atoms with van der Waals surface area (Å²) in [6.07, 6.45) is 0. The molecule has 1 atom stereocenters. The average molecular weight is 343 g/mol. The van der Waals surface area contributed by atoms with E-state index in [0.29, 0.717) is 5.56 Å². The quantitative estimate of drug-likeness (QED) is 0.610. The van der Waals surface area contributed by atoms with E-state index >= 15 is 0 Å². The summed E-state index contributed by atoms with van der Waals surface area (Å²) in [5.74, 6) is -1.33. The lowest BCUT2D eigenvalue weighted by Gasteiger charge is -2.28. The molecule has 2 amide bonds. The second-order valence-electron chi connectivity index (χ2n) is 5.45. The molecule has 2 rings (SSSR count). The predicted octanol–water partition coefficient (Wildman–Crippen LogP) is 1.73. The van der Waals surface area contributed by atoms with Crippen LogP contribution in [0.3, 0.4) is 0 Å². The summed E-state index contributed by atoms with van der Waals surface area (Å²) in [5, 5.41) is 13.7. The summed E-state index contributed by atoms with van der Waals surface area (Å²) >= 11 is 0. The van der Waals surface area contributed by atoms with E-state index in [1.165, 1.54) is 26.2 Å². The smallest absolute Gasteiger partial charge is 0.282 e. The third-order valence-corrected chi connectivity index (χ3v) is 3.85. The number of carbonyl (C=O) groups excluding carboxylic acids is 2. The van der Waals surface area contributed by atoms with Gasteiger partial charge in [0, 0.05) is 6.07 Å². The first kappa shape index (κ1) is 17.9. The number of nitro groups is 1.